The van der Waals surface area contributed by atoms with E-state index in [1.54, 1.807) is 17.0 Å². The predicted octanol–water partition coefficient (Wildman–Crippen LogP) is 4.46. The molecule has 1 fully saturated rings. The molecule has 4 rings (SSSR count). The Morgan fingerprint density at radius 3 is 2.96 bits per heavy atom. The second kappa shape index (κ2) is 7.74. The van der Waals surface area contributed by atoms with Crippen LogP contribution in [0.4, 0.5) is 14.6 Å². The molecule has 0 spiro atoms. The number of aromatic nitrogens is 4. The number of ether oxygens (including phenoxy) is 1. The Bertz CT molecular complexity index is 936. The number of anilines is 1. The zero-order valence-corrected chi connectivity index (χ0v) is 15.2. The van der Waals surface area contributed by atoms with Crippen molar-refractivity contribution in [2.45, 2.75) is 38.5 Å². The monoisotopic (exact) mass is 393 g/mol. The molecule has 0 aliphatic carbocycles. The lowest BCUT2D eigenvalue weighted by Crippen LogP contribution is -2.13. The fourth-order valence-electron chi connectivity index (χ4n) is 3.22. The molecule has 1 saturated heterocycles. The third-order valence-electron chi connectivity index (χ3n) is 4.60. The van der Waals surface area contributed by atoms with E-state index in [9.17, 15) is 8.78 Å². The molecule has 0 bridgehead atoms. The number of imidazole rings is 1. The number of hydrogen-bond donors (Lipinski definition) is 1. The zero-order chi connectivity index (χ0) is 18.8. The fourth-order valence-corrected chi connectivity index (χ4v) is 3.45. The smallest absolute Gasteiger partial charge is 0.312 e. The molecule has 1 unspecified atom stereocenters. The van der Waals surface area contributed by atoms with Crippen molar-refractivity contribution in [3.8, 4) is 0 Å². The van der Waals surface area contributed by atoms with Gasteiger partial charge in [-0.2, -0.15) is 14.4 Å². The van der Waals surface area contributed by atoms with E-state index in [1.807, 2.05) is 0 Å². The van der Waals surface area contributed by atoms with Crippen molar-refractivity contribution in [1.82, 2.24) is 19.5 Å². The molecular formula is C18H18ClF2N5O. The highest BCUT2D eigenvalue weighted by Crippen LogP contribution is 2.28. The van der Waals surface area contributed by atoms with Crippen LogP contribution in [0.2, 0.25) is 5.02 Å². The fraction of sp³-hybridized carbons (Fsp3) is 0.389. The van der Waals surface area contributed by atoms with E-state index in [0.717, 1.165) is 25.7 Å². The van der Waals surface area contributed by atoms with Gasteiger partial charge in [-0.1, -0.05) is 24.1 Å². The molecule has 27 heavy (non-hydrogen) atoms. The lowest BCUT2D eigenvalue weighted by Gasteiger charge is -2.17. The van der Waals surface area contributed by atoms with Gasteiger partial charge in [-0.05, 0) is 31.4 Å². The van der Waals surface area contributed by atoms with Crippen LogP contribution in [0, 0.1) is 11.9 Å². The second-order valence-electron chi connectivity index (χ2n) is 6.39. The van der Waals surface area contributed by atoms with Gasteiger partial charge in [-0.15, -0.1) is 0 Å². The van der Waals surface area contributed by atoms with Gasteiger partial charge in [0.25, 0.3) is 0 Å². The first kappa shape index (κ1) is 18.1. The number of halogens is 3. The summed E-state index contributed by atoms with van der Waals surface area (Å²) >= 11 is 6.04. The van der Waals surface area contributed by atoms with Gasteiger partial charge in [0.05, 0.1) is 6.33 Å². The number of fused-ring (bicyclic) bond motifs is 1. The van der Waals surface area contributed by atoms with E-state index in [0.29, 0.717) is 17.8 Å². The molecule has 3 heterocycles. The number of rotatable bonds is 4. The first-order valence-corrected chi connectivity index (χ1v) is 9.19. The van der Waals surface area contributed by atoms with Crippen molar-refractivity contribution < 1.29 is 13.5 Å². The zero-order valence-electron chi connectivity index (χ0n) is 14.5. The van der Waals surface area contributed by atoms with Crippen LogP contribution in [0.25, 0.3) is 11.2 Å². The number of hydrogen-bond acceptors (Lipinski definition) is 5. The number of nitrogens with one attached hydrogen (secondary N) is 1. The van der Waals surface area contributed by atoms with Crippen molar-refractivity contribution in [2.24, 2.45) is 0 Å². The molecule has 142 valence electrons. The van der Waals surface area contributed by atoms with Crippen LogP contribution in [0.1, 0.15) is 37.5 Å². The molecule has 1 N–H and O–H groups in total. The Hall–Kier alpha value is -2.32. The van der Waals surface area contributed by atoms with Crippen LogP contribution >= 0.6 is 11.6 Å². The van der Waals surface area contributed by atoms with Gasteiger partial charge in [0.15, 0.2) is 17.0 Å². The van der Waals surface area contributed by atoms with Gasteiger partial charge < -0.3 is 10.1 Å². The molecule has 0 radical (unpaired) electrons. The van der Waals surface area contributed by atoms with Gasteiger partial charge in [-0.3, -0.25) is 4.57 Å². The molecule has 0 amide bonds. The predicted molar refractivity (Wildman–Crippen MR) is 97.5 cm³/mol. The summed E-state index contributed by atoms with van der Waals surface area (Å²) in [6.45, 7) is 0.693. The summed E-state index contributed by atoms with van der Waals surface area (Å²) in [5.74, 6) is -0.262. The summed E-state index contributed by atoms with van der Waals surface area (Å²) in [4.78, 5) is 12.0. The van der Waals surface area contributed by atoms with Crippen molar-refractivity contribution in [1.29, 1.82) is 0 Å². The summed E-state index contributed by atoms with van der Waals surface area (Å²) in [7, 11) is 0. The second-order valence-corrected chi connectivity index (χ2v) is 6.80. The Morgan fingerprint density at radius 2 is 2.11 bits per heavy atom. The van der Waals surface area contributed by atoms with Crippen molar-refractivity contribution in [3.63, 3.8) is 0 Å². The lowest BCUT2D eigenvalue weighted by atomic mass is 10.2. The largest absolute Gasteiger partial charge is 0.364 e. The maximum Gasteiger partial charge on any atom is 0.312 e. The van der Waals surface area contributed by atoms with E-state index in [4.69, 9.17) is 16.3 Å². The average molecular weight is 394 g/mol. The number of nitrogens with zero attached hydrogens (tertiary/aromatic N) is 4. The highest BCUT2D eigenvalue weighted by Gasteiger charge is 2.21. The van der Waals surface area contributed by atoms with Gasteiger partial charge in [0, 0.05) is 23.7 Å². The molecule has 1 atom stereocenters. The molecule has 1 aromatic carbocycles. The Morgan fingerprint density at radius 1 is 1.22 bits per heavy atom. The lowest BCUT2D eigenvalue weighted by molar-refractivity contribution is 0.00928. The van der Waals surface area contributed by atoms with Crippen molar-refractivity contribution >= 4 is 28.6 Å². The number of benzene rings is 1. The maximum atomic E-state index is 14.0. The minimum absolute atomic E-state index is 0.0455. The van der Waals surface area contributed by atoms with Crippen LogP contribution in [0.3, 0.4) is 0 Å². The Balaban J connectivity index is 1.65. The molecular weight excluding hydrogens is 376 g/mol. The van der Waals surface area contributed by atoms with Crippen molar-refractivity contribution in [3.05, 3.63) is 47.0 Å². The van der Waals surface area contributed by atoms with Crippen molar-refractivity contribution in [2.75, 3.05) is 11.9 Å². The van der Waals surface area contributed by atoms with E-state index in [1.165, 1.54) is 12.1 Å². The molecule has 6 nitrogen and oxygen atoms in total. The summed E-state index contributed by atoms with van der Waals surface area (Å²) in [6, 6.07) is 4.44. The van der Waals surface area contributed by atoms with Gasteiger partial charge in [-0.25, -0.2) is 9.37 Å². The maximum absolute atomic E-state index is 14.0. The molecule has 1 aliphatic rings. The minimum Gasteiger partial charge on any atom is -0.364 e. The third-order valence-corrected chi connectivity index (χ3v) is 4.96. The van der Waals surface area contributed by atoms with Gasteiger partial charge in [0.2, 0.25) is 0 Å². The normalized spacial score (nSPS) is 17.8. The summed E-state index contributed by atoms with van der Waals surface area (Å²) in [5.41, 5.74) is 1.02. The first-order valence-electron chi connectivity index (χ1n) is 8.82. The Labute approximate surface area is 159 Å². The Kier molecular flexibility index (Phi) is 5.18. The van der Waals surface area contributed by atoms with Crippen LogP contribution in [-0.2, 0) is 11.3 Å². The molecule has 0 saturated carbocycles. The van der Waals surface area contributed by atoms with Gasteiger partial charge in [0.1, 0.15) is 12.0 Å². The molecule has 9 heteroatoms. The van der Waals surface area contributed by atoms with Crippen LogP contribution in [0.5, 0.6) is 0 Å². The highest BCUT2D eigenvalue weighted by molar-refractivity contribution is 6.31. The van der Waals surface area contributed by atoms with Gasteiger partial charge >= 0.3 is 6.08 Å². The standard InChI is InChI=1S/C18H18ClF2N5O/c19-12-5-4-6-13(20)11(12)9-22-16-15-17(25-18(21)24-16)26(10-23-15)14-7-2-1-3-8-27-14/h4-6,10,14H,1-3,7-9H2,(H,22,24,25). The van der Waals surface area contributed by atoms with E-state index in [2.05, 4.69) is 20.3 Å². The van der Waals surface area contributed by atoms with Crippen LogP contribution in [-0.4, -0.2) is 26.1 Å². The summed E-state index contributed by atoms with van der Waals surface area (Å²) < 4.78 is 35.6. The molecule has 3 aromatic rings. The van der Waals surface area contributed by atoms with Crippen LogP contribution in [0.15, 0.2) is 24.5 Å². The quantitative estimate of drug-likeness (QED) is 0.663. The van der Waals surface area contributed by atoms with E-state index < -0.39 is 11.9 Å². The summed E-state index contributed by atoms with van der Waals surface area (Å²) in [6.07, 6.45) is 4.39. The SMILES string of the molecule is Fc1nc(NCc2c(F)cccc2Cl)c2ncn(C3CCCCCO3)c2n1. The molecule has 1 aliphatic heterocycles. The third kappa shape index (κ3) is 3.72. The average Bonchev–Trinajstić information content (AvgIpc) is 2.87. The first-order chi connectivity index (χ1) is 13.1. The highest BCUT2D eigenvalue weighted by atomic mass is 35.5. The minimum atomic E-state index is -0.889. The molecule has 2 aromatic heterocycles. The van der Waals surface area contributed by atoms with E-state index >= 15 is 0 Å². The van der Waals surface area contributed by atoms with Crippen LogP contribution < -0.4 is 5.32 Å². The summed E-state index contributed by atoms with van der Waals surface area (Å²) in [5, 5.41) is 3.21. The topological polar surface area (TPSA) is 64.9 Å². The van der Waals surface area contributed by atoms with E-state index in [-0.39, 0.29) is 29.2 Å².